The molecule has 4 nitrogen and oxygen atoms in total. The summed E-state index contributed by atoms with van der Waals surface area (Å²) < 4.78 is 5.19. The largest absolute Gasteiger partial charge is 0.467 e. The van der Waals surface area contributed by atoms with Crippen LogP contribution in [0.15, 0.2) is 34.9 Å². The number of carbonyl (C=O) groups excluding carboxylic acids is 1. The molecule has 0 saturated carbocycles. The highest BCUT2D eigenvalue weighted by Crippen LogP contribution is 2.31. The van der Waals surface area contributed by atoms with E-state index in [0.29, 0.717) is 15.6 Å². The van der Waals surface area contributed by atoms with E-state index in [2.05, 4.69) is 25.7 Å². The minimum absolute atomic E-state index is 0.474. The summed E-state index contributed by atoms with van der Waals surface area (Å²) in [5.74, 6) is -0.693. The summed E-state index contributed by atoms with van der Waals surface area (Å²) >= 11 is 3.32. The Morgan fingerprint density at radius 1 is 1.47 bits per heavy atom. The molecule has 2 aromatic rings. The Kier molecular flexibility index (Phi) is 3.40. The average molecular weight is 296 g/mol. The van der Waals surface area contributed by atoms with Crippen LogP contribution < -0.4 is 0 Å². The van der Waals surface area contributed by atoms with Crippen molar-refractivity contribution in [3.63, 3.8) is 0 Å². The number of benzene rings is 1. The van der Waals surface area contributed by atoms with Gasteiger partial charge in [0, 0.05) is 21.6 Å². The first-order valence-electron chi connectivity index (χ1n) is 4.94. The molecular weight excluding hydrogens is 286 g/mol. The third kappa shape index (κ3) is 2.16. The lowest BCUT2D eigenvalue weighted by Crippen LogP contribution is -2.14. The van der Waals surface area contributed by atoms with Crippen molar-refractivity contribution in [2.75, 3.05) is 7.11 Å². The number of pyridine rings is 1. The smallest absolute Gasteiger partial charge is 0.339 e. The zero-order valence-electron chi connectivity index (χ0n) is 9.05. The van der Waals surface area contributed by atoms with Gasteiger partial charge in [0.15, 0.2) is 6.10 Å². The fraction of sp³-hybridized carbons (Fsp3) is 0.167. The molecule has 5 heteroatoms. The normalized spacial score (nSPS) is 12.4. The molecule has 1 unspecified atom stereocenters. The van der Waals surface area contributed by atoms with E-state index < -0.39 is 12.1 Å². The molecule has 1 heterocycles. The van der Waals surface area contributed by atoms with Crippen molar-refractivity contribution in [3.8, 4) is 0 Å². The molecular formula is C12H10BrNO3. The van der Waals surface area contributed by atoms with Gasteiger partial charge in [0.25, 0.3) is 0 Å². The summed E-state index contributed by atoms with van der Waals surface area (Å²) in [6, 6.07) is 7.11. The van der Waals surface area contributed by atoms with Crippen molar-refractivity contribution < 1.29 is 14.6 Å². The number of nitrogens with zero attached hydrogens (tertiary/aromatic N) is 1. The molecule has 17 heavy (non-hydrogen) atoms. The summed E-state index contributed by atoms with van der Waals surface area (Å²) in [6.07, 6.45) is 0.340. The van der Waals surface area contributed by atoms with Crippen molar-refractivity contribution in [2.24, 2.45) is 0 Å². The number of aliphatic hydroxyl groups is 1. The average Bonchev–Trinajstić information content (AvgIpc) is 2.37. The molecule has 0 fully saturated rings. The Labute approximate surface area is 106 Å². The molecule has 0 radical (unpaired) electrons. The van der Waals surface area contributed by atoms with Crippen molar-refractivity contribution in [1.82, 2.24) is 4.98 Å². The number of aromatic nitrogens is 1. The summed E-state index contributed by atoms with van der Waals surface area (Å²) in [4.78, 5) is 15.6. The minimum atomic E-state index is -1.32. The van der Waals surface area contributed by atoms with E-state index in [1.165, 1.54) is 7.11 Å². The lowest BCUT2D eigenvalue weighted by atomic mass is 10.0. The maximum Gasteiger partial charge on any atom is 0.339 e. The van der Waals surface area contributed by atoms with E-state index in [4.69, 9.17) is 0 Å². The summed E-state index contributed by atoms with van der Waals surface area (Å²) in [7, 11) is 1.24. The Morgan fingerprint density at radius 3 is 2.94 bits per heavy atom. The highest BCUT2D eigenvalue weighted by Gasteiger charge is 2.22. The van der Waals surface area contributed by atoms with Crippen LogP contribution in [0.3, 0.4) is 0 Å². The van der Waals surface area contributed by atoms with Gasteiger partial charge in [-0.25, -0.2) is 4.79 Å². The van der Waals surface area contributed by atoms with Crippen LogP contribution in [-0.4, -0.2) is 23.2 Å². The van der Waals surface area contributed by atoms with Gasteiger partial charge in [-0.05, 0) is 18.2 Å². The first-order chi connectivity index (χ1) is 8.15. The number of hydrogen-bond donors (Lipinski definition) is 1. The van der Waals surface area contributed by atoms with Gasteiger partial charge in [0.05, 0.1) is 12.6 Å². The van der Waals surface area contributed by atoms with Crippen LogP contribution in [0.5, 0.6) is 0 Å². The second kappa shape index (κ2) is 4.81. The molecule has 0 saturated heterocycles. The van der Waals surface area contributed by atoms with Crippen LogP contribution in [-0.2, 0) is 9.53 Å². The van der Waals surface area contributed by atoms with Gasteiger partial charge >= 0.3 is 5.97 Å². The van der Waals surface area contributed by atoms with Crippen molar-refractivity contribution >= 4 is 32.8 Å². The molecule has 0 aliphatic rings. The predicted octanol–water partition coefficient (Wildman–Crippen LogP) is 2.20. The molecule has 1 N–H and O–H groups in total. The predicted molar refractivity (Wildman–Crippen MR) is 66.4 cm³/mol. The van der Waals surface area contributed by atoms with Crippen LogP contribution in [0.1, 0.15) is 11.7 Å². The number of hydrogen-bond acceptors (Lipinski definition) is 4. The highest BCUT2D eigenvalue weighted by molar-refractivity contribution is 9.10. The standard InChI is InChI=1S/C12H10BrNO3/c1-17-12(16)11(15)10-7-3-2-6-14-9(7)5-4-8(10)13/h2-6,11,15H,1H3. The lowest BCUT2D eigenvalue weighted by Gasteiger charge is -2.13. The molecule has 0 bridgehead atoms. The topological polar surface area (TPSA) is 59.4 Å². The maximum atomic E-state index is 11.4. The molecule has 1 atom stereocenters. The van der Waals surface area contributed by atoms with Crippen molar-refractivity contribution in [3.05, 3.63) is 40.5 Å². The van der Waals surface area contributed by atoms with Gasteiger partial charge in [-0.2, -0.15) is 0 Å². The summed E-state index contributed by atoms with van der Waals surface area (Å²) in [5, 5.41) is 10.7. The number of carbonyl (C=O) groups is 1. The minimum Gasteiger partial charge on any atom is -0.467 e. The Balaban J connectivity index is 2.66. The van der Waals surface area contributed by atoms with Gasteiger partial charge in [0.1, 0.15) is 0 Å². The van der Waals surface area contributed by atoms with Crippen molar-refractivity contribution in [1.29, 1.82) is 0 Å². The van der Waals surface area contributed by atoms with Crippen LogP contribution in [0, 0.1) is 0 Å². The third-order valence-corrected chi connectivity index (χ3v) is 3.16. The zero-order valence-corrected chi connectivity index (χ0v) is 10.6. The van der Waals surface area contributed by atoms with Crippen LogP contribution in [0.2, 0.25) is 0 Å². The van der Waals surface area contributed by atoms with Gasteiger partial charge < -0.3 is 9.84 Å². The Bertz CT molecular complexity index is 571. The lowest BCUT2D eigenvalue weighted by molar-refractivity contribution is -0.150. The van der Waals surface area contributed by atoms with E-state index in [9.17, 15) is 9.90 Å². The fourth-order valence-electron chi connectivity index (χ4n) is 1.66. The first kappa shape index (κ1) is 12.0. The third-order valence-electron chi connectivity index (χ3n) is 2.47. The number of fused-ring (bicyclic) bond motifs is 1. The fourth-order valence-corrected chi connectivity index (χ4v) is 2.22. The van der Waals surface area contributed by atoms with Gasteiger partial charge in [0.2, 0.25) is 0 Å². The van der Waals surface area contributed by atoms with E-state index in [1.54, 1.807) is 24.4 Å². The van der Waals surface area contributed by atoms with Gasteiger partial charge in [-0.1, -0.05) is 22.0 Å². The number of methoxy groups -OCH3 is 1. The maximum absolute atomic E-state index is 11.4. The highest BCUT2D eigenvalue weighted by atomic mass is 79.9. The number of aliphatic hydroxyl groups excluding tert-OH is 1. The Morgan fingerprint density at radius 2 is 2.24 bits per heavy atom. The number of halogens is 1. The van der Waals surface area contributed by atoms with Crippen molar-refractivity contribution in [2.45, 2.75) is 6.10 Å². The number of rotatable bonds is 2. The van der Waals surface area contributed by atoms with E-state index in [0.717, 1.165) is 5.39 Å². The SMILES string of the molecule is COC(=O)C(O)c1c(Br)ccc2ncccc12. The molecule has 0 aliphatic heterocycles. The van der Waals surface area contributed by atoms with Crippen LogP contribution >= 0.6 is 15.9 Å². The molecule has 88 valence electrons. The van der Waals surface area contributed by atoms with E-state index in [1.807, 2.05) is 6.07 Å². The zero-order chi connectivity index (χ0) is 12.4. The molecule has 2 rings (SSSR count). The monoisotopic (exact) mass is 295 g/mol. The van der Waals surface area contributed by atoms with Gasteiger partial charge in [-0.3, -0.25) is 4.98 Å². The summed E-state index contributed by atoms with van der Waals surface area (Å²) in [6.45, 7) is 0. The van der Waals surface area contributed by atoms with E-state index >= 15 is 0 Å². The van der Waals surface area contributed by atoms with Gasteiger partial charge in [-0.15, -0.1) is 0 Å². The number of esters is 1. The Hall–Kier alpha value is -1.46. The quantitative estimate of drug-likeness (QED) is 0.863. The molecule has 1 aromatic carbocycles. The molecule has 0 amide bonds. The molecule has 0 aliphatic carbocycles. The molecule has 0 spiro atoms. The second-order valence-electron chi connectivity index (χ2n) is 3.46. The van der Waals surface area contributed by atoms with Crippen LogP contribution in [0.25, 0.3) is 10.9 Å². The van der Waals surface area contributed by atoms with E-state index in [-0.39, 0.29) is 0 Å². The number of ether oxygens (including phenoxy) is 1. The summed E-state index contributed by atoms with van der Waals surface area (Å²) in [5.41, 5.74) is 1.19. The molecule has 1 aromatic heterocycles. The van der Waals surface area contributed by atoms with Crippen LogP contribution in [0.4, 0.5) is 0 Å². The first-order valence-corrected chi connectivity index (χ1v) is 5.73. The second-order valence-corrected chi connectivity index (χ2v) is 4.31.